The molecule has 3 N–H and O–H groups in total. The minimum atomic E-state index is -5.08. The Balaban J connectivity index is 0.00000110. The van der Waals surface area contributed by atoms with E-state index in [4.69, 9.17) is 15.0 Å². The lowest BCUT2D eigenvalue weighted by molar-refractivity contribution is -0.274. The summed E-state index contributed by atoms with van der Waals surface area (Å²) in [5.41, 5.74) is -0.395. The summed E-state index contributed by atoms with van der Waals surface area (Å²) in [4.78, 5) is 30.9. The van der Waals surface area contributed by atoms with Crippen molar-refractivity contribution in [2.75, 3.05) is 18.1 Å². The number of aliphatic carboxylic acids is 2. The van der Waals surface area contributed by atoms with Gasteiger partial charge in [-0.3, -0.25) is 9.59 Å². The summed E-state index contributed by atoms with van der Waals surface area (Å²) in [7, 11) is 2.67. The Bertz CT molecular complexity index is 758. The van der Waals surface area contributed by atoms with Gasteiger partial charge in [0.25, 0.3) is 5.91 Å². The van der Waals surface area contributed by atoms with E-state index in [0.29, 0.717) is 17.6 Å². The van der Waals surface area contributed by atoms with E-state index in [9.17, 15) is 40.3 Å². The number of amides is 1. The minimum Gasteiger partial charge on any atom is -0.481 e. The Morgan fingerprint density at radius 3 is 2.00 bits per heavy atom. The molecule has 0 aliphatic rings. The van der Waals surface area contributed by atoms with E-state index >= 15 is 0 Å². The van der Waals surface area contributed by atoms with Crippen molar-refractivity contribution in [3.63, 3.8) is 0 Å². The van der Waals surface area contributed by atoms with Crippen LogP contribution in [0.1, 0.15) is 16.8 Å². The molecule has 1 amide bonds. The molecule has 0 heterocycles. The Morgan fingerprint density at radius 2 is 1.55 bits per heavy atom. The normalized spacial score (nSPS) is 11.2. The number of hydrogen-bond acceptors (Lipinski definition) is 6. The van der Waals surface area contributed by atoms with Crippen LogP contribution in [0, 0.1) is 5.82 Å². The molecule has 0 saturated carbocycles. The molecule has 0 saturated heterocycles. The number of ether oxygens (including phenoxy) is 1. The molecule has 7 nitrogen and oxygen atoms in total. The van der Waals surface area contributed by atoms with Crippen molar-refractivity contribution >= 4 is 39.4 Å². The van der Waals surface area contributed by atoms with Crippen molar-refractivity contribution < 1.29 is 60.1 Å². The summed E-state index contributed by atoms with van der Waals surface area (Å²) >= 11 is 0. The quantitative estimate of drug-likeness (QED) is 0.265. The predicted molar refractivity (Wildman–Crippen MR) is 96.3 cm³/mol. The number of halogens is 7. The topological polar surface area (TPSA) is 113 Å². The van der Waals surface area contributed by atoms with Crippen LogP contribution in [0.2, 0.25) is 0 Å². The van der Waals surface area contributed by atoms with E-state index in [0.717, 1.165) is 12.1 Å². The third-order valence-electron chi connectivity index (χ3n) is 2.61. The molecule has 176 valence electrons. The number of rotatable bonds is 9. The third-order valence-corrected chi connectivity index (χ3v) is 5.02. The van der Waals surface area contributed by atoms with Gasteiger partial charge in [-0.2, -0.15) is 13.2 Å². The Hall–Kier alpha value is -2.36. The minimum absolute atomic E-state index is 0.0293. The summed E-state index contributed by atoms with van der Waals surface area (Å²) in [6.07, 6.45) is -9.99. The third kappa shape index (κ3) is 14.3. The maximum atomic E-state index is 13.7. The molecule has 0 aliphatic heterocycles. The first-order chi connectivity index (χ1) is 14.1. The maximum Gasteiger partial charge on any atom is 0.573 e. The Labute approximate surface area is 177 Å². The van der Waals surface area contributed by atoms with Crippen molar-refractivity contribution in [3.8, 4) is 5.75 Å². The first-order valence-electron chi connectivity index (χ1n) is 7.73. The highest BCUT2D eigenvalue weighted by Crippen LogP contribution is 2.25. The highest BCUT2D eigenvalue weighted by atomic mass is 33.1. The second kappa shape index (κ2) is 13.1. The zero-order valence-electron chi connectivity index (χ0n) is 15.1. The van der Waals surface area contributed by atoms with Crippen molar-refractivity contribution in [1.82, 2.24) is 5.32 Å². The van der Waals surface area contributed by atoms with Gasteiger partial charge in [-0.15, -0.1) is 13.2 Å². The van der Waals surface area contributed by atoms with Crippen molar-refractivity contribution in [2.24, 2.45) is 0 Å². The molecule has 0 aliphatic carbocycles. The van der Waals surface area contributed by atoms with Crippen LogP contribution < -0.4 is 10.1 Å². The number of carboxylic acids is 2. The summed E-state index contributed by atoms with van der Waals surface area (Å²) in [5.74, 6) is -5.41. The molecule has 0 spiro atoms. The second-order valence-electron chi connectivity index (χ2n) is 5.04. The maximum absolute atomic E-state index is 13.7. The van der Waals surface area contributed by atoms with Crippen LogP contribution in [0.4, 0.5) is 30.7 Å². The lowest BCUT2D eigenvalue weighted by Crippen LogP contribution is -2.26. The highest BCUT2D eigenvalue weighted by Gasteiger charge is 2.38. The van der Waals surface area contributed by atoms with E-state index in [1.54, 1.807) is 0 Å². The number of benzene rings is 1. The number of hydrogen-bond donors (Lipinski definition) is 3. The molecule has 31 heavy (non-hydrogen) atoms. The van der Waals surface area contributed by atoms with E-state index in [1.807, 2.05) is 0 Å². The summed E-state index contributed by atoms with van der Waals surface area (Å²) < 4.78 is 85.0. The first-order valence-corrected chi connectivity index (χ1v) is 10.2. The first kappa shape index (κ1) is 28.6. The number of alkyl halides is 6. The van der Waals surface area contributed by atoms with Crippen molar-refractivity contribution in [2.45, 2.75) is 19.0 Å². The summed E-state index contributed by atoms with van der Waals surface area (Å²) in [6.45, 7) is 0.198. The lowest BCUT2D eigenvalue weighted by Gasteiger charge is -2.10. The molecule has 0 fully saturated rings. The number of carbonyl (C=O) groups is 3. The zero-order chi connectivity index (χ0) is 24.2. The van der Waals surface area contributed by atoms with Gasteiger partial charge in [-0.1, -0.05) is 21.6 Å². The van der Waals surface area contributed by atoms with Crippen LogP contribution in [0.3, 0.4) is 0 Å². The molecule has 0 unspecified atom stereocenters. The molecule has 0 aromatic heterocycles. The summed E-state index contributed by atoms with van der Waals surface area (Å²) in [6, 6.07) is 2.24. The summed E-state index contributed by atoms with van der Waals surface area (Å²) in [5, 5.41) is 18.0. The molecular weight excluding hydrogens is 487 g/mol. The van der Waals surface area contributed by atoms with Gasteiger partial charge in [0.1, 0.15) is 11.6 Å². The molecule has 1 aromatic carbocycles. The Kier molecular flexibility index (Phi) is 12.1. The van der Waals surface area contributed by atoms with Crippen LogP contribution >= 0.6 is 21.6 Å². The van der Waals surface area contributed by atoms with Gasteiger partial charge in [0.2, 0.25) is 0 Å². The molecular formula is C15H14F7NO6S2. The molecule has 0 bridgehead atoms. The van der Waals surface area contributed by atoms with Gasteiger partial charge >= 0.3 is 24.5 Å². The standard InChI is InChI=1S/C13H13F4NO4S2.C2HF3O2/c14-10-7-8(22-13(15,16)17)1-2-9(10)12(21)18-4-6-24-23-5-3-11(19)20;3-2(4,5)1(6)7/h1-2,7H,3-6H2,(H,18,21)(H,19,20);(H,6,7). The molecule has 1 rings (SSSR count). The number of carbonyl (C=O) groups excluding carboxylic acids is 1. The van der Waals surface area contributed by atoms with Gasteiger partial charge in [0, 0.05) is 24.1 Å². The fourth-order valence-corrected chi connectivity index (χ4v) is 3.31. The van der Waals surface area contributed by atoms with Crippen LogP contribution in [0.5, 0.6) is 5.75 Å². The van der Waals surface area contributed by atoms with Crippen molar-refractivity contribution in [1.29, 1.82) is 0 Å². The largest absolute Gasteiger partial charge is 0.573 e. The Morgan fingerprint density at radius 1 is 1.00 bits per heavy atom. The smallest absolute Gasteiger partial charge is 0.481 e. The van der Waals surface area contributed by atoms with E-state index in [1.165, 1.54) is 21.6 Å². The second-order valence-corrected chi connectivity index (χ2v) is 7.74. The highest BCUT2D eigenvalue weighted by molar-refractivity contribution is 8.76. The van der Waals surface area contributed by atoms with Crippen LogP contribution in [0.25, 0.3) is 0 Å². The number of carboxylic acid groups (broad SMARTS) is 2. The van der Waals surface area contributed by atoms with E-state index in [2.05, 4.69) is 10.1 Å². The number of nitrogens with one attached hydrogen (secondary N) is 1. The van der Waals surface area contributed by atoms with Crippen molar-refractivity contribution in [3.05, 3.63) is 29.6 Å². The zero-order valence-corrected chi connectivity index (χ0v) is 16.7. The van der Waals surface area contributed by atoms with Gasteiger partial charge in [0.05, 0.1) is 12.0 Å². The van der Waals surface area contributed by atoms with Gasteiger partial charge in [-0.25, -0.2) is 9.18 Å². The van der Waals surface area contributed by atoms with Gasteiger partial charge in [-0.05, 0) is 12.1 Å². The van der Waals surface area contributed by atoms with Gasteiger partial charge < -0.3 is 20.3 Å². The fraction of sp³-hybridized carbons (Fsp3) is 0.400. The monoisotopic (exact) mass is 501 g/mol. The SMILES string of the molecule is O=C(O)C(F)(F)F.O=C(O)CCSSCCNC(=O)c1ccc(OC(F)(F)F)cc1F. The average molecular weight is 501 g/mol. The molecule has 1 aromatic rings. The lowest BCUT2D eigenvalue weighted by atomic mass is 10.2. The van der Waals surface area contributed by atoms with Crippen LogP contribution in [0.15, 0.2) is 18.2 Å². The van der Waals surface area contributed by atoms with E-state index in [-0.39, 0.29) is 13.0 Å². The van der Waals surface area contributed by atoms with Crippen LogP contribution in [-0.2, 0) is 9.59 Å². The van der Waals surface area contributed by atoms with E-state index < -0.39 is 47.5 Å². The average Bonchev–Trinajstić information content (AvgIpc) is 2.58. The van der Waals surface area contributed by atoms with Gasteiger partial charge in [0.15, 0.2) is 0 Å². The predicted octanol–water partition coefficient (Wildman–Crippen LogP) is 3.94. The molecule has 0 atom stereocenters. The fourth-order valence-electron chi connectivity index (χ4n) is 1.43. The molecule has 0 radical (unpaired) electrons. The molecule has 16 heteroatoms. The van der Waals surface area contributed by atoms with Crippen LogP contribution in [-0.4, -0.2) is 58.6 Å².